The summed E-state index contributed by atoms with van der Waals surface area (Å²) in [7, 11) is 0. The number of H-pyrrole nitrogens is 1. The molecule has 0 saturated carbocycles. The third kappa shape index (κ3) is 4.32. The molecule has 0 spiro atoms. The molecule has 0 aromatic carbocycles. The van der Waals surface area contributed by atoms with Crippen LogP contribution in [0.2, 0.25) is 0 Å². The predicted octanol–water partition coefficient (Wildman–Crippen LogP) is 3.73. The van der Waals surface area contributed by atoms with Crippen molar-refractivity contribution in [1.82, 2.24) is 39.4 Å². The molecule has 12 nitrogen and oxygen atoms in total. The summed E-state index contributed by atoms with van der Waals surface area (Å²) in [6.45, 7) is 8.28. The second-order valence-electron chi connectivity index (χ2n) is 9.85. The summed E-state index contributed by atoms with van der Waals surface area (Å²) in [4.78, 5) is 31.1. The van der Waals surface area contributed by atoms with E-state index in [9.17, 15) is 9.90 Å². The highest BCUT2D eigenvalue weighted by Crippen LogP contribution is 2.37. The minimum atomic E-state index is -0.908. The zero-order chi connectivity index (χ0) is 25.6. The topological polar surface area (TPSA) is 163 Å². The molecular formula is C24H28N10O2. The number of carbonyl (C=O) groups is 1. The Morgan fingerprint density at radius 2 is 2.00 bits per heavy atom. The van der Waals surface area contributed by atoms with Gasteiger partial charge in [-0.25, -0.2) is 14.8 Å². The molecule has 4 aromatic rings. The Morgan fingerprint density at radius 1 is 1.19 bits per heavy atom. The quantitative estimate of drug-likeness (QED) is 0.335. The summed E-state index contributed by atoms with van der Waals surface area (Å²) in [6, 6.07) is 5.55. The smallest absolute Gasteiger partial charge is 0.407 e. The standard InChI is InChI=1S/C24H28N10O2/c1-13-27-20(31-22(25)28-13)19-21(29-17-7-9-26-32-17)30-18-6-5-15(12-34(18)19)14-8-10-33(23(35)36)16(11-14)24(2,3)4/h5-9,12,16H,10-11H2,1-4H3,(H,35,36)(H2,26,29,32)(H2,25,27,28,31). The number of nitrogen functional groups attached to an aromatic ring is 1. The first-order valence-corrected chi connectivity index (χ1v) is 11.6. The lowest BCUT2D eigenvalue weighted by atomic mass is 9.79. The maximum Gasteiger partial charge on any atom is 0.407 e. The maximum atomic E-state index is 11.9. The predicted molar refractivity (Wildman–Crippen MR) is 136 cm³/mol. The summed E-state index contributed by atoms with van der Waals surface area (Å²) >= 11 is 0. The molecule has 1 atom stereocenters. The molecule has 36 heavy (non-hydrogen) atoms. The lowest BCUT2D eigenvalue weighted by Crippen LogP contribution is -2.48. The second kappa shape index (κ2) is 8.63. The van der Waals surface area contributed by atoms with Gasteiger partial charge in [-0.05, 0) is 42.0 Å². The van der Waals surface area contributed by atoms with Crippen molar-refractivity contribution >= 4 is 34.9 Å². The average Bonchev–Trinajstić information content (AvgIpc) is 3.44. The fraction of sp³-hybridized carbons (Fsp3) is 0.333. The highest BCUT2D eigenvalue weighted by Gasteiger charge is 2.36. The number of nitrogens with zero attached hydrogens (tertiary/aromatic N) is 7. The van der Waals surface area contributed by atoms with Crippen molar-refractivity contribution in [2.45, 2.75) is 40.2 Å². The van der Waals surface area contributed by atoms with Gasteiger partial charge in [0.05, 0.1) is 0 Å². The van der Waals surface area contributed by atoms with E-state index >= 15 is 0 Å². The van der Waals surface area contributed by atoms with Crippen LogP contribution in [-0.4, -0.2) is 63.2 Å². The largest absolute Gasteiger partial charge is 0.465 e. The number of pyridine rings is 1. The van der Waals surface area contributed by atoms with Gasteiger partial charge >= 0.3 is 6.09 Å². The van der Waals surface area contributed by atoms with Crippen LogP contribution in [0.15, 0.2) is 36.7 Å². The number of hydrogen-bond donors (Lipinski definition) is 4. The summed E-state index contributed by atoms with van der Waals surface area (Å²) in [6.07, 6.45) is 5.35. The lowest BCUT2D eigenvalue weighted by Gasteiger charge is -2.41. The van der Waals surface area contributed by atoms with Crippen molar-refractivity contribution in [2.75, 3.05) is 17.6 Å². The number of rotatable bonds is 4. The molecule has 12 heteroatoms. The molecule has 186 valence electrons. The zero-order valence-corrected chi connectivity index (χ0v) is 20.5. The van der Waals surface area contributed by atoms with Crippen molar-refractivity contribution in [3.05, 3.63) is 48.1 Å². The van der Waals surface area contributed by atoms with Crippen molar-refractivity contribution in [3.8, 4) is 11.5 Å². The van der Waals surface area contributed by atoms with Gasteiger partial charge in [0.15, 0.2) is 17.5 Å². The van der Waals surface area contributed by atoms with E-state index in [-0.39, 0.29) is 17.4 Å². The molecule has 1 unspecified atom stereocenters. The van der Waals surface area contributed by atoms with Crippen LogP contribution in [0.4, 0.5) is 22.4 Å². The summed E-state index contributed by atoms with van der Waals surface area (Å²) < 4.78 is 1.91. The van der Waals surface area contributed by atoms with Gasteiger partial charge in [-0.2, -0.15) is 15.1 Å². The number of nitrogens with one attached hydrogen (secondary N) is 2. The summed E-state index contributed by atoms with van der Waals surface area (Å²) in [5, 5.41) is 19.9. The van der Waals surface area contributed by atoms with Crippen LogP contribution in [-0.2, 0) is 0 Å². The Morgan fingerprint density at radius 3 is 2.67 bits per heavy atom. The molecule has 0 bridgehead atoms. The molecular weight excluding hydrogens is 460 g/mol. The fourth-order valence-electron chi connectivity index (χ4n) is 4.55. The average molecular weight is 489 g/mol. The Bertz CT molecular complexity index is 1450. The van der Waals surface area contributed by atoms with E-state index < -0.39 is 6.09 Å². The number of carboxylic acid groups (broad SMARTS) is 1. The van der Waals surface area contributed by atoms with E-state index in [0.29, 0.717) is 47.6 Å². The van der Waals surface area contributed by atoms with Gasteiger partial charge in [-0.15, -0.1) is 0 Å². The van der Waals surface area contributed by atoms with Crippen molar-refractivity contribution in [1.29, 1.82) is 0 Å². The third-order valence-corrected chi connectivity index (χ3v) is 6.28. The fourth-order valence-corrected chi connectivity index (χ4v) is 4.55. The van der Waals surface area contributed by atoms with Gasteiger partial charge in [0.1, 0.15) is 17.2 Å². The SMILES string of the molecule is Cc1nc(N)nc(-c2c(Nc3cc[nH]n3)nc3ccc(C4=CCN(C(=O)O)C(C(C)(C)C)C4)cn23)n1. The lowest BCUT2D eigenvalue weighted by molar-refractivity contribution is 0.0884. The highest BCUT2D eigenvalue weighted by molar-refractivity contribution is 5.78. The maximum absolute atomic E-state index is 11.9. The van der Waals surface area contributed by atoms with Crippen LogP contribution in [0.3, 0.4) is 0 Å². The Balaban J connectivity index is 1.63. The van der Waals surface area contributed by atoms with E-state index in [1.165, 1.54) is 4.90 Å². The molecule has 0 saturated heterocycles. The summed E-state index contributed by atoms with van der Waals surface area (Å²) in [5.74, 6) is 2.10. The monoisotopic (exact) mass is 488 g/mol. The molecule has 1 aliphatic heterocycles. The molecule has 0 fully saturated rings. The van der Waals surface area contributed by atoms with Gasteiger partial charge in [-0.3, -0.25) is 9.50 Å². The van der Waals surface area contributed by atoms with Crippen LogP contribution in [0.5, 0.6) is 0 Å². The minimum Gasteiger partial charge on any atom is -0.465 e. The van der Waals surface area contributed by atoms with E-state index in [2.05, 4.69) is 51.2 Å². The van der Waals surface area contributed by atoms with E-state index in [1.54, 1.807) is 19.2 Å². The number of aromatic amines is 1. The van der Waals surface area contributed by atoms with Gasteiger partial charge in [0.2, 0.25) is 5.95 Å². The van der Waals surface area contributed by atoms with Gasteiger partial charge in [0.25, 0.3) is 0 Å². The van der Waals surface area contributed by atoms with E-state index in [1.807, 2.05) is 28.8 Å². The Kier molecular flexibility index (Phi) is 5.58. The Labute approximate surface area is 207 Å². The summed E-state index contributed by atoms with van der Waals surface area (Å²) in [5.41, 5.74) is 9.05. The number of fused-ring (bicyclic) bond motifs is 1. The number of imidazole rings is 1. The normalized spacial score (nSPS) is 16.3. The third-order valence-electron chi connectivity index (χ3n) is 6.28. The van der Waals surface area contributed by atoms with Crippen LogP contribution in [0.25, 0.3) is 22.7 Å². The number of anilines is 3. The highest BCUT2D eigenvalue weighted by atomic mass is 16.4. The first-order chi connectivity index (χ1) is 17.1. The number of aromatic nitrogens is 7. The van der Waals surface area contributed by atoms with E-state index in [0.717, 1.165) is 11.1 Å². The van der Waals surface area contributed by atoms with Gasteiger partial charge in [-0.1, -0.05) is 26.8 Å². The van der Waals surface area contributed by atoms with Crippen LogP contribution < -0.4 is 11.1 Å². The molecule has 1 amide bonds. The number of nitrogens with two attached hydrogens (primary N) is 1. The minimum absolute atomic E-state index is 0.117. The van der Waals surface area contributed by atoms with Crippen molar-refractivity contribution in [3.63, 3.8) is 0 Å². The van der Waals surface area contributed by atoms with Crippen molar-refractivity contribution < 1.29 is 9.90 Å². The van der Waals surface area contributed by atoms with Gasteiger partial charge < -0.3 is 21.1 Å². The van der Waals surface area contributed by atoms with Gasteiger partial charge in [0, 0.05) is 31.0 Å². The molecule has 1 aliphatic rings. The number of amides is 1. The molecule has 4 aromatic heterocycles. The molecule has 0 radical (unpaired) electrons. The van der Waals surface area contributed by atoms with Crippen LogP contribution >= 0.6 is 0 Å². The van der Waals surface area contributed by atoms with Crippen molar-refractivity contribution in [2.24, 2.45) is 5.41 Å². The van der Waals surface area contributed by atoms with Crippen LogP contribution in [0, 0.1) is 12.3 Å². The zero-order valence-electron chi connectivity index (χ0n) is 20.5. The van der Waals surface area contributed by atoms with Crippen LogP contribution in [0.1, 0.15) is 38.6 Å². The molecule has 5 heterocycles. The Hall–Kier alpha value is -4.48. The van der Waals surface area contributed by atoms with E-state index in [4.69, 9.17) is 10.7 Å². The first kappa shape index (κ1) is 23.3. The number of hydrogen-bond acceptors (Lipinski definition) is 8. The molecule has 0 aliphatic carbocycles. The number of aryl methyl sites for hydroxylation is 1. The second-order valence-corrected chi connectivity index (χ2v) is 9.85. The molecule has 5 rings (SSSR count). The molecule has 5 N–H and O–H groups in total. The first-order valence-electron chi connectivity index (χ1n) is 11.6.